The SMILES string of the molecule is CC1CCCCN1S(=O)(=O)N1CCC(N=C=O)CC1. The summed E-state index contributed by atoms with van der Waals surface area (Å²) in [7, 11) is -3.35. The van der Waals surface area contributed by atoms with Crippen molar-refractivity contribution in [2.24, 2.45) is 4.99 Å². The van der Waals surface area contributed by atoms with Gasteiger partial charge in [0.05, 0.1) is 6.04 Å². The van der Waals surface area contributed by atoms with Gasteiger partial charge in [0.1, 0.15) is 0 Å². The van der Waals surface area contributed by atoms with Gasteiger partial charge in [-0.2, -0.15) is 17.0 Å². The Balaban J connectivity index is 2.02. The fourth-order valence-corrected chi connectivity index (χ4v) is 4.73. The molecule has 108 valence electrons. The van der Waals surface area contributed by atoms with Crippen LogP contribution in [0.1, 0.15) is 39.0 Å². The van der Waals surface area contributed by atoms with Crippen LogP contribution >= 0.6 is 0 Å². The van der Waals surface area contributed by atoms with Crippen molar-refractivity contribution in [1.82, 2.24) is 8.61 Å². The summed E-state index contributed by atoms with van der Waals surface area (Å²) in [5, 5.41) is 0. The molecule has 2 aliphatic rings. The van der Waals surface area contributed by atoms with E-state index in [2.05, 4.69) is 4.99 Å². The monoisotopic (exact) mass is 287 g/mol. The molecule has 2 fully saturated rings. The van der Waals surface area contributed by atoms with E-state index in [1.807, 2.05) is 6.92 Å². The van der Waals surface area contributed by atoms with Crippen molar-refractivity contribution in [3.05, 3.63) is 0 Å². The van der Waals surface area contributed by atoms with E-state index in [1.54, 1.807) is 10.4 Å². The zero-order chi connectivity index (χ0) is 13.9. The van der Waals surface area contributed by atoms with Crippen molar-refractivity contribution in [2.75, 3.05) is 19.6 Å². The summed E-state index contributed by atoms with van der Waals surface area (Å²) in [5.74, 6) is 0. The summed E-state index contributed by atoms with van der Waals surface area (Å²) in [6.07, 6.45) is 5.75. The molecule has 2 aliphatic heterocycles. The first-order valence-electron chi connectivity index (χ1n) is 6.89. The molecule has 0 bridgehead atoms. The van der Waals surface area contributed by atoms with Crippen molar-refractivity contribution in [1.29, 1.82) is 0 Å². The first-order valence-corrected chi connectivity index (χ1v) is 8.29. The van der Waals surface area contributed by atoms with Crippen LogP contribution in [0.5, 0.6) is 0 Å². The first kappa shape index (κ1) is 14.7. The minimum Gasteiger partial charge on any atom is -0.211 e. The highest BCUT2D eigenvalue weighted by Crippen LogP contribution is 2.25. The smallest absolute Gasteiger partial charge is 0.211 e. The van der Waals surface area contributed by atoms with Crippen molar-refractivity contribution >= 4 is 16.3 Å². The minimum atomic E-state index is -3.35. The quantitative estimate of drug-likeness (QED) is 0.572. The summed E-state index contributed by atoms with van der Waals surface area (Å²) >= 11 is 0. The third-order valence-corrected chi connectivity index (χ3v) is 6.18. The fourth-order valence-electron chi connectivity index (χ4n) is 2.84. The van der Waals surface area contributed by atoms with E-state index in [4.69, 9.17) is 0 Å². The van der Waals surface area contributed by atoms with Crippen LogP contribution < -0.4 is 0 Å². The molecule has 0 aromatic carbocycles. The van der Waals surface area contributed by atoms with Gasteiger partial charge in [0.25, 0.3) is 10.2 Å². The lowest BCUT2D eigenvalue weighted by molar-refractivity contribution is 0.231. The van der Waals surface area contributed by atoms with Crippen LogP contribution in [0.4, 0.5) is 0 Å². The molecule has 7 heteroatoms. The van der Waals surface area contributed by atoms with Gasteiger partial charge in [0.2, 0.25) is 6.08 Å². The van der Waals surface area contributed by atoms with Gasteiger partial charge in [0.15, 0.2) is 0 Å². The molecular formula is C12H21N3O3S. The highest BCUT2D eigenvalue weighted by molar-refractivity contribution is 7.86. The number of carbonyl (C=O) groups excluding carboxylic acids is 1. The number of hydrogen-bond acceptors (Lipinski definition) is 4. The molecular weight excluding hydrogens is 266 g/mol. The number of nitrogens with zero attached hydrogens (tertiary/aromatic N) is 3. The minimum absolute atomic E-state index is 0.0669. The Kier molecular flexibility index (Phi) is 4.73. The lowest BCUT2D eigenvalue weighted by atomic mass is 10.1. The highest BCUT2D eigenvalue weighted by Gasteiger charge is 2.36. The summed E-state index contributed by atoms with van der Waals surface area (Å²) in [6.45, 7) is 3.48. The number of isocyanates is 1. The zero-order valence-corrected chi connectivity index (χ0v) is 12.1. The largest absolute Gasteiger partial charge is 0.282 e. The van der Waals surface area contributed by atoms with Gasteiger partial charge in [0, 0.05) is 25.7 Å². The Labute approximate surface area is 114 Å². The fraction of sp³-hybridized carbons (Fsp3) is 0.917. The molecule has 2 heterocycles. The van der Waals surface area contributed by atoms with E-state index in [9.17, 15) is 13.2 Å². The molecule has 19 heavy (non-hydrogen) atoms. The molecule has 0 aromatic rings. The second-order valence-electron chi connectivity index (χ2n) is 5.31. The third kappa shape index (κ3) is 3.23. The third-order valence-electron chi connectivity index (χ3n) is 4.02. The summed E-state index contributed by atoms with van der Waals surface area (Å²) in [5.41, 5.74) is 0. The Morgan fingerprint density at radius 2 is 1.79 bits per heavy atom. The van der Waals surface area contributed by atoms with Crippen molar-refractivity contribution in [3.8, 4) is 0 Å². The molecule has 2 saturated heterocycles. The van der Waals surface area contributed by atoms with Crippen molar-refractivity contribution in [3.63, 3.8) is 0 Å². The van der Waals surface area contributed by atoms with E-state index in [0.717, 1.165) is 19.3 Å². The van der Waals surface area contributed by atoms with Crippen molar-refractivity contribution < 1.29 is 13.2 Å². The van der Waals surface area contributed by atoms with E-state index >= 15 is 0 Å². The molecule has 0 N–H and O–H groups in total. The van der Waals surface area contributed by atoms with Crippen LogP contribution in [0.2, 0.25) is 0 Å². The lowest BCUT2D eigenvalue weighted by Gasteiger charge is -2.38. The van der Waals surface area contributed by atoms with Crippen LogP contribution in [-0.4, -0.2) is 54.8 Å². The Morgan fingerprint density at radius 1 is 1.11 bits per heavy atom. The Hall–Kier alpha value is -0.750. The molecule has 1 unspecified atom stereocenters. The number of piperidine rings is 2. The molecule has 6 nitrogen and oxygen atoms in total. The van der Waals surface area contributed by atoms with Crippen LogP contribution in [0, 0.1) is 0 Å². The number of hydrogen-bond donors (Lipinski definition) is 0. The zero-order valence-electron chi connectivity index (χ0n) is 11.3. The molecule has 1 atom stereocenters. The van der Waals surface area contributed by atoms with Crippen LogP contribution in [0.25, 0.3) is 0 Å². The maximum atomic E-state index is 12.6. The predicted octanol–water partition coefficient (Wildman–Crippen LogP) is 0.906. The number of aliphatic imine (C=N–C) groups is 1. The number of rotatable bonds is 3. The van der Waals surface area contributed by atoms with Crippen molar-refractivity contribution in [2.45, 2.75) is 51.1 Å². The molecule has 0 radical (unpaired) electrons. The van der Waals surface area contributed by atoms with Crippen LogP contribution in [-0.2, 0) is 15.0 Å². The normalized spacial score (nSPS) is 27.9. The maximum absolute atomic E-state index is 12.6. The average Bonchev–Trinajstić information content (AvgIpc) is 2.40. The summed E-state index contributed by atoms with van der Waals surface area (Å²) in [4.78, 5) is 13.9. The molecule has 0 aliphatic carbocycles. The van der Waals surface area contributed by atoms with Gasteiger partial charge >= 0.3 is 0 Å². The van der Waals surface area contributed by atoms with E-state index in [-0.39, 0.29) is 12.1 Å². The van der Waals surface area contributed by atoms with Gasteiger partial charge in [-0.25, -0.2) is 9.79 Å². The first-order chi connectivity index (χ1) is 9.05. The second kappa shape index (κ2) is 6.13. The lowest BCUT2D eigenvalue weighted by Crippen LogP contribution is -2.52. The summed E-state index contributed by atoms with van der Waals surface area (Å²) < 4.78 is 28.3. The molecule has 0 aromatic heterocycles. The predicted molar refractivity (Wildman–Crippen MR) is 71.7 cm³/mol. The topological polar surface area (TPSA) is 70.1 Å². The average molecular weight is 287 g/mol. The van der Waals surface area contributed by atoms with Crippen LogP contribution in [0.3, 0.4) is 0 Å². The molecule has 2 rings (SSSR count). The van der Waals surface area contributed by atoms with Gasteiger partial charge < -0.3 is 0 Å². The maximum Gasteiger partial charge on any atom is 0.282 e. The van der Waals surface area contributed by atoms with Gasteiger partial charge in [-0.05, 0) is 32.6 Å². The van der Waals surface area contributed by atoms with Gasteiger partial charge in [-0.1, -0.05) is 6.42 Å². The van der Waals surface area contributed by atoms with Gasteiger partial charge in [-0.15, -0.1) is 0 Å². The molecule has 0 amide bonds. The highest BCUT2D eigenvalue weighted by atomic mass is 32.2. The summed E-state index contributed by atoms with van der Waals surface area (Å²) in [6, 6.07) is 0.0206. The standard InChI is InChI=1S/C12H21N3O3S/c1-11-4-2-3-7-15(11)19(17,18)14-8-5-12(6-9-14)13-10-16/h11-12H,2-9H2,1H3. The molecule has 0 saturated carbocycles. The van der Waals surface area contributed by atoms with E-state index < -0.39 is 10.2 Å². The second-order valence-corrected chi connectivity index (χ2v) is 7.19. The molecule has 0 spiro atoms. The Bertz CT molecular complexity index is 451. The Morgan fingerprint density at radius 3 is 2.37 bits per heavy atom. The van der Waals surface area contributed by atoms with E-state index in [1.165, 1.54) is 4.31 Å². The van der Waals surface area contributed by atoms with Crippen LogP contribution in [0.15, 0.2) is 4.99 Å². The van der Waals surface area contributed by atoms with Gasteiger partial charge in [-0.3, -0.25) is 0 Å². The van der Waals surface area contributed by atoms with E-state index in [0.29, 0.717) is 32.5 Å².